The lowest BCUT2D eigenvalue weighted by atomic mass is 10.0. The molecule has 1 nitrogen and oxygen atoms in total. The van der Waals surface area contributed by atoms with Crippen molar-refractivity contribution in [1.82, 2.24) is 4.90 Å². The monoisotopic (exact) mass is 171 g/mol. The van der Waals surface area contributed by atoms with E-state index in [0.29, 0.717) is 12.0 Å². The van der Waals surface area contributed by atoms with Gasteiger partial charge in [0.25, 0.3) is 0 Å². The molecule has 0 aromatic carbocycles. The lowest BCUT2D eigenvalue weighted by Crippen LogP contribution is -2.28. The molecule has 0 radical (unpaired) electrons. The van der Waals surface area contributed by atoms with Crippen LogP contribution in [-0.2, 0) is 0 Å². The quantitative estimate of drug-likeness (QED) is 0.629. The predicted octanol–water partition coefficient (Wildman–Crippen LogP) is 2.22. The molecule has 70 valence electrons. The van der Waals surface area contributed by atoms with Gasteiger partial charge >= 0.3 is 0 Å². The van der Waals surface area contributed by atoms with Crippen molar-refractivity contribution in [1.29, 1.82) is 0 Å². The zero-order valence-corrected chi connectivity index (χ0v) is 7.85. The van der Waals surface area contributed by atoms with Gasteiger partial charge in [-0.2, -0.15) is 0 Å². The van der Waals surface area contributed by atoms with Crippen molar-refractivity contribution < 1.29 is 4.39 Å². The number of hydrogen-bond acceptors (Lipinski definition) is 1. The zero-order valence-electron chi connectivity index (χ0n) is 7.85. The zero-order chi connectivity index (χ0) is 8.60. The van der Waals surface area contributed by atoms with Gasteiger partial charge in [-0.25, -0.2) is 4.39 Å². The van der Waals surface area contributed by atoms with Gasteiger partial charge in [-0.15, -0.1) is 0 Å². The Morgan fingerprint density at radius 2 is 2.25 bits per heavy atom. The Morgan fingerprint density at radius 3 is 2.67 bits per heavy atom. The van der Waals surface area contributed by atoms with E-state index in [1.54, 1.807) is 0 Å². The maximum absolute atomic E-state index is 12.8. The van der Waals surface area contributed by atoms with Gasteiger partial charge in [-0.1, -0.05) is 6.92 Å². The van der Waals surface area contributed by atoms with E-state index in [-0.39, 0.29) is 0 Å². The van der Waals surface area contributed by atoms with Crippen molar-refractivity contribution in [3.63, 3.8) is 0 Å². The van der Waals surface area contributed by atoms with Crippen LogP contribution in [0.15, 0.2) is 0 Å². The molecule has 1 atom stereocenters. The number of halogens is 1. The normalized spacial score (nSPS) is 34.0. The number of nitrogens with zero attached hydrogens (tertiary/aromatic N) is 1. The number of likely N-dealkylation sites (tertiary alicyclic amines) is 1. The van der Waals surface area contributed by atoms with Crippen molar-refractivity contribution >= 4 is 0 Å². The first kappa shape index (κ1) is 8.49. The molecule has 0 amide bonds. The van der Waals surface area contributed by atoms with Crippen molar-refractivity contribution in [3.8, 4) is 0 Å². The topological polar surface area (TPSA) is 3.24 Å². The molecule has 2 aliphatic rings. The van der Waals surface area contributed by atoms with Crippen LogP contribution >= 0.6 is 0 Å². The highest BCUT2D eigenvalue weighted by Crippen LogP contribution is 2.49. The summed E-state index contributed by atoms with van der Waals surface area (Å²) in [6, 6.07) is 0. The van der Waals surface area contributed by atoms with Crippen molar-refractivity contribution in [2.45, 2.75) is 38.8 Å². The standard InChI is InChI=1S/C10H18FN/c1-2-10(4-5-10)8-12-6-3-9(11)7-12/h9H,2-8H2,1H3. The van der Waals surface area contributed by atoms with E-state index in [4.69, 9.17) is 0 Å². The molecule has 1 saturated carbocycles. The summed E-state index contributed by atoms with van der Waals surface area (Å²) < 4.78 is 12.8. The van der Waals surface area contributed by atoms with Crippen LogP contribution in [-0.4, -0.2) is 30.7 Å². The Balaban J connectivity index is 1.80. The highest BCUT2D eigenvalue weighted by Gasteiger charge is 2.42. The van der Waals surface area contributed by atoms with Crippen LogP contribution < -0.4 is 0 Å². The van der Waals surface area contributed by atoms with E-state index in [9.17, 15) is 4.39 Å². The summed E-state index contributed by atoms with van der Waals surface area (Å²) in [6.45, 7) is 5.10. The second-order valence-electron chi connectivity index (χ2n) is 4.47. The van der Waals surface area contributed by atoms with Crippen LogP contribution in [0, 0.1) is 5.41 Å². The summed E-state index contributed by atoms with van der Waals surface area (Å²) in [7, 11) is 0. The number of hydrogen-bond donors (Lipinski definition) is 0. The average Bonchev–Trinajstić information content (AvgIpc) is 2.71. The Hall–Kier alpha value is -0.110. The number of rotatable bonds is 3. The van der Waals surface area contributed by atoms with Gasteiger partial charge in [0.15, 0.2) is 0 Å². The fourth-order valence-electron chi connectivity index (χ4n) is 2.20. The molecule has 1 aliphatic carbocycles. The second kappa shape index (κ2) is 2.99. The predicted molar refractivity (Wildman–Crippen MR) is 47.9 cm³/mol. The third-order valence-electron chi connectivity index (χ3n) is 3.48. The van der Waals surface area contributed by atoms with Gasteiger partial charge in [-0.3, -0.25) is 4.90 Å². The molecule has 2 rings (SSSR count). The maximum Gasteiger partial charge on any atom is 0.114 e. The van der Waals surface area contributed by atoms with Gasteiger partial charge in [0.1, 0.15) is 6.17 Å². The van der Waals surface area contributed by atoms with Gasteiger partial charge in [-0.05, 0) is 31.1 Å². The second-order valence-corrected chi connectivity index (χ2v) is 4.47. The van der Waals surface area contributed by atoms with E-state index in [2.05, 4.69) is 11.8 Å². The van der Waals surface area contributed by atoms with Crippen molar-refractivity contribution in [2.24, 2.45) is 5.41 Å². The van der Waals surface area contributed by atoms with Gasteiger partial charge in [0.05, 0.1) is 0 Å². The SMILES string of the molecule is CCC1(CN2CCC(F)C2)CC1. The Kier molecular flexibility index (Phi) is 2.11. The van der Waals surface area contributed by atoms with Crippen molar-refractivity contribution in [2.75, 3.05) is 19.6 Å². The molecular formula is C10H18FN. The Morgan fingerprint density at radius 1 is 1.50 bits per heavy atom. The van der Waals surface area contributed by atoms with Gasteiger partial charge in [0, 0.05) is 19.6 Å². The molecule has 0 N–H and O–H groups in total. The first-order chi connectivity index (χ1) is 5.74. The molecule has 0 aromatic rings. The minimum atomic E-state index is -0.544. The summed E-state index contributed by atoms with van der Waals surface area (Å²) >= 11 is 0. The molecule has 0 aromatic heterocycles. The first-order valence-corrected chi connectivity index (χ1v) is 5.10. The molecule has 1 saturated heterocycles. The lowest BCUT2D eigenvalue weighted by Gasteiger charge is -2.21. The Bertz CT molecular complexity index is 165. The fraction of sp³-hybridized carbons (Fsp3) is 1.00. The third kappa shape index (κ3) is 1.63. The molecule has 2 heteroatoms. The van der Waals surface area contributed by atoms with Crippen LogP contribution in [0.1, 0.15) is 32.6 Å². The van der Waals surface area contributed by atoms with E-state index in [1.165, 1.54) is 19.3 Å². The molecule has 1 aliphatic heterocycles. The highest BCUT2D eigenvalue weighted by molar-refractivity contribution is 4.95. The molecule has 2 fully saturated rings. The summed E-state index contributed by atoms with van der Waals surface area (Å²) in [4.78, 5) is 2.31. The van der Waals surface area contributed by atoms with Crippen LogP contribution in [0.4, 0.5) is 4.39 Å². The average molecular weight is 171 g/mol. The van der Waals surface area contributed by atoms with E-state index in [0.717, 1.165) is 19.5 Å². The summed E-state index contributed by atoms with van der Waals surface area (Å²) in [5.41, 5.74) is 0.601. The van der Waals surface area contributed by atoms with E-state index < -0.39 is 6.17 Å². The van der Waals surface area contributed by atoms with Crippen LogP contribution in [0.25, 0.3) is 0 Å². The van der Waals surface area contributed by atoms with E-state index in [1.807, 2.05) is 0 Å². The molecule has 1 unspecified atom stereocenters. The maximum atomic E-state index is 12.8. The summed E-state index contributed by atoms with van der Waals surface area (Å²) in [6.07, 6.45) is 4.24. The summed E-state index contributed by atoms with van der Waals surface area (Å²) in [5, 5.41) is 0. The van der Waals surface area contributed by atoms with Gasteiger partial charge < -0.3 is 0 Å². The minimum Gasteiger partial charge on any atom is -0.300 e. The van der Waals surface area contributed by atoms with Crippen LogP contribution in [0.2, 0.25) is 0 Å². The molecule has 1 heterocycles. The van der Waals surface area contributed by atoms with Crippen LogP contribution in [0.5, 0.6) is 0 Å². The minimum absolute atomic E-state index is 0.544. The smallest absolute Gasteiger partial charge is 0.114 e. The third-order valence-corrected chi connectivity index (χ3v) is 3.48. The number of alkyl halides is 1. The molecule has 12 heavy (non-hydrogen) atoms. The molecular weight excluding hydrogens is 153 g/mol. The lowest BCUT2D eigenvalue weighted by molar-refractivity contribution is 0.236. The summed E-state index contributed by atoms with van der Waals surface area (Å²) in [5.74, 6) is 0. The van der Waals surface area contributed by atoms with Crippen molar-refractivity contribution in [3.05, 3.63) is 0 Å². The Labute approximate surface area is 73.9 Å². The van der Waals surface area contributed by atoms with Gasteiger partial charge in [0.2, 0.25) is 0 Å². The largest absolute Gasteiger partial charge is 0.300 e. The molecule has 0 bridgehead atoms. The van der Waals surface area contributed by atoms with E-state index >= 15 is 0 Å². The molecule has 0 spiro atoms. The van der Waals surface area contributed by atoms with Crippen LogP contribution in [0.3, 0.4) is 0 Å². The highest BCUT2D eigenvalue weighted by atomic mass is 19.1. The first-order valence-electron chi connectivity index (χ1n) is 5.10. The fourth-order valence-corrected chi connectivity index (χ4v) is 2.20.